The van der Waals surface area contributed by atoms with Crippen molar-refractivity contribution in [1.29, 1.82) is 0 Å². The zero-order chi connectivity index (χ0) is 21.3. The smallest absolute Gasteiger partial charge is 0.295 e. The van der Waals surface area contributed by atoms with Crippen molar-refractivity contribution in [3.05, 3.63) is 81.4 Å². The van der Waals surface area contributed by atoms with Gasteiger partial charge < -0.3 is 14.7 Å². The molecule has 0 spiro atoms. The fourth-order valence-electron chi connectivity index (χ4n) is 4.04. The number of hydrogen-bond acceptors (Lipinski definition) is 6. The largest absolute Gasteiger partial charge is 0.507 e. The number of aliphatic hydroxyl groups excluding tert-OH is 1. The number of rotatable bonds is 5. The summed E-state index contributed by atoms with van der Waals surface area (Å²) in [7, 11) is 0. The summed E-state index contributed by atoms with van der Waals surface area (Å²) in [6.07, 6.45) is 1.31. The summed E-state index contributed by atoms with van der Waals surface area (Å²) < 4.78 is 5.62. The molecule has 30 heavy (non-hydrogen) atoms. The SMILES string of the molecule is O=C1C(=O)N(C[C@@H]2CCCO2)[C@H](c2ccccc2[N+](=O)[O-])C1=C(O)c1ccccc1. The van der Waals surface area contributed by atoms with Crippen molar-refractivity contribution < 1.29 is 24.4 Å². The minimum Gasteiger partial charge on any atom is -0.507 e. The minimum absolute atomic E-state index is 0.118. The second-order valence-corrected chi connectivity index (χ2v) is 7.27. The molecule has 8 nitrogen and oxygen atoms in total. The summed E-state index contributed by atoms with van der Waals surface area (Å²) in [5, 5.41) is 22.6. The Morgan fingerprint density at radius 1 is 1.13 bits per heavy atom. The van der Waals surface area contributed by atoms with Crippen molar-refractivity contribution in [2.45, 2.75) is 25.0 Å². The van der Waals surface area contributed by atoms with Crippen LogP contribution in [0.4, 0.5) is 5.69 Å². The first-order chi connectivity index (χ1) is 14.5. The van der Waals surface area contributed by atoms with Crippen molar-refractivity contribution in [3.8, 4) is 0 Å². The van der Waals surface area contributed by atoms with Gasteiger partial charge in [0.25, 0.3) is 17.4 Å². The van der Waals surface area contributed by atoms with Crippen LogP contribution in [0.15, 0.2) is 60.2 Å². The molecule has 2 fully saturated rings. The van der Waals surface area contributed by atoms with Crippen molar-refractivity contribution in [2.24, 2.45) is 0 Å². The number of aliphatic hydroxyl groups is 1. The van der Waals surface area contributed by atoms with Gasteiger partial charge in [-0.25, -0.2) is 0 Å². The third-order valence-corrected chi connectivity index (χ3v) is 5.44. The number of ether oxygens (including phenoxy) is 1. The van der Waals surface area contributed by atoms with Crippen LogP contribution in [0.1, 0.15) is 30.0 Å². The number of nitro groups is 1. The first kappa shape index (κ1) is 19.8. The topological polar surface area (TPSA) is 110 Å². The van der Waals surface area contributed by atoms with Gasteiger partial charge in [0.1, 0.15) is 5.76 Å². The minimum atomic E-state index is -1.07. The molecule has 0 aliphatic carbocycles. The number of ketones is 1. The van der Waals surface area contributed by atoms with Gasteiger partial charge >= 0.3 is 0 Å². The number of nitrogens with zero attached hydrogens (tertiary/aromatic N) is 2. The molecule has 1 N–H and O–H groups in total. The summed E-state index contributed by atoms with van der Waals surface area (Å²) in [6.45, 7) is 0.682. The van der Waals surface area contributed by atoms with Gasteiger partial charge in [-0.2, -0.15) is 0 Å². The molecule has 0 unspecified atom stereocenters. The average molecular weight is 408 g/mol. The second-order valence-electron chi connectivity index (χ2n) is 7.27. The highest BCUT2D eigenvalue weighted by Gasteiger charge is 2.48. The normalized spacial score (nSPS) is 23.1. The fraction of sp³-hybridized carbons (Fsp3) is 0.273. The zero-order valence-corrected chi connectivity index (χ0v) is 16.1. The number of likely N-dealkylation sites (tertiary alicyclic amines) is 1. The van der Waals surface area contributed by atoms with Gasteiger partial charge in [0.05, 0.1) is 28.2 Å². The van der Waals surface area contributed by atoms with E-state index < -0.39 is 22.7 Å². The van der Waals surface area contributed by atoms with Crippen LogP contribution in [0.2, 0.25) is 0 Å². The first-order valence-corrected chi connectivity index (χ1v) is 9.67. The maximum atomic E-state index is 12.9. The third-order valence-electron chi connectivity index (χ3n) is 5.44. The van der Waals surface area contributed by atoms with Gasteiger partial charge in [0.15, 0.2) is 0 Å². The Bertz CT molecular complexity index is 1030. The number of benzene rings is 2. The molecule has 2 aromatic carbocycles. The van der Waals surface area contributed by atoms with Gasteiger partial charge in [-0.15, -0.1) is 0 Å². The fourth-order valence-corrected chi connectivity index (χ4v) is 4.04. The zero-order valence-electron chi connectivity index (χ0n) is 16.1. The summed E-state index contributed by atoms with van der Waals surface area (Å²) in [5.74, 6) is -2.02. The van der Waals surface area contributed by atoms with Crippen molar-refractivity contribution >= 4 is 23.1 Å². The van der Waals surface area contributed by atoms with Crippen LogP contribution in [-0.4, -0.2) is 45.9 Å². The Morgan fingerprint density at radius 2 is 1.83 bits per heavy atom. The van der Waals surface area contributed by atoms with Gasteiger partial charge in [-0.05, 0) is 18.9 Å². The molecule has 2 aromatic rings. The molecule has 4 rings (SSSR count). The standard InChI is InChI=1S/C22H20N2O6/c25-20(14-7-2-1-3-8-14)18-19(16-10-4-5-11-17(16)24(28)29)23(22(27)21(18)26)13-15-9-6-12-30-15/h1-5,7-8,10-11,15,19,25H,6,9,12-13H2/t15-,19+/m0/s1. The van der Waals surface area contributed by atoms with E-state index in [-0.39, 0.29) is 35.2 Å². The van der Waals surface area contributed by atoms with E-state index in [9.17, 15) is 24.8 Å². The second kappa shape index (κ2) is 8.08. The van der Waals surface area contributed by atoms with E-state index in [0.29, 0.717) is 12.2 Å². The van der Waals surface area contributed by atoms with E-state index in [1.807, 2.05) is 0 Å². The lowest BCUT2D eigenvalue weighted by Gasteiger charge is -2.27. The van der Waals surface area contributed by atoms with E-state index in [1.54, 1.807) is 36.4 Å². The lowest BCUT2D eigenvalue weighted by molar-refractivity contribution is -0.385. The maximum absolute atomic E-state index is 12.9. The molecule has 2 saturated heterocycles. The monoisotopic (exact) mass is 408 g/mol. The predicted molar refractivity (Wildman–Crippen MR) is 108 cm³/mol. The molecule has 0 saturated carbocycles. The van der Waals surface area contributed by atoms with Gasteiger partial charge in [0.2, 0.25) is 0 Å². The number of amides is 1. The van der Waals surface area contributed by atoms with Crippen LogP contribution in [-0.2, 0) is 14.3 Å². The molecule has 1 amide bonds. The molecular formula is C22H20N2O6. The molecule has 2 heterocycles. The number of carbonyl (C=O) groups excluding carboxylic acids is 2. The quantitative estimate of drug-likeness (QED) is 0.267. The van der Waals surface area contributed by atoms with E-state index in [2.05, 4.69) is 0 Å². The molecule has 0 aromatic heterocycles. The van der Waals surface area contributed by atoms with E-state index in [1.165, 1.54) is 23.1 Å². The van der Waals surface area contributed by atoms with Crippen molar-refractivity contribution in [1.82, 2.24) is 4.90 Å². The first-order valence-electron chi connectivity index (χ1n) is 9.67. The van der Waals surface area contributed by atoms with Gasteiger partial charge in [-0.3, -0.25) is 19.7 Å². The number of carbonyl (C=O) groups is 2. The van der Waals surface area contributed by atoms with Crippen molar-refractivity contribution in [2.75, 3.05) is 13.2 Å². The van der Waals surface area contributed by atoms with Crippen LogP contribution >= 0.6 is 0 Å². The summed E-state index contributed by atoms with van der Waals surface area (Å²) >= 11 is 0. The van der Waals surface area contributed by atoms with Gasteiger partial charge in [0, 0.05) is 24.8 Å². The molecule has 2 atom stereocenters. The Labute approximate surface area is 172 Å². The molecule has 0 radical (unpaired) electrons. The molecule has 2 aliphatic heterocycles. The maximum Gasteiger partial charge on any atom is 0.295 e. The summed E-state index contributed by atoms with van der Waals surface area (Å²) in [4.78, 5) is 38.2. The summed E-state index contributed by atoms with van der Waals surface area (Å²) in [5.41, 5.74) is 0.160. The molecule has 0 bridgehead atoms. The van der Waals surface area contributed by atoms with E-state index >= 15 is 0 Å². The van der Waals surface area contributed by atoms with Crippen LogP contribution in [0.5, 0.6) is 0 Å². The van der Waals surface area contributed by atoms with Crippen LogP contribution in [0, 0.1) is 10.1 Å². The lowest BCUT2D eigenvalue weighted by atomic mass is 9.94. The van der Waals surface area contributed by atoms with Crippen LogP contribution < -0.4 is 0 Å². The van der Waals surface area contributed by atoms with E-state index in [4.69, 9.17) is 4.74 Å². The highest BCUT2D eigenvalue weighted by atomic mass is 16.6. The van der Waals surface area contributed by atoms with Crippen LogP contribution in [0.3, 0.4) is 0 Å². The van der Waals surface area contributed by atoms with Crippen LogP contribution in [0.25, 0.3) is 5.76 Å². The Balaban J connectivity index is 1.89. The third kappa shape index (κ3) is 3.46. The highest BCUT2D eigenvalue weighted by Crippen LogP contribution is 2.42. The Kier molecular flexibility index (Phi) is 5.33. The number of hydrogen-bond donors (Lipinski definition) is 1. The van der Waals surface area contributed by atoms with Crippen molar-refractivity contribution in [3.63, 3.8) is 0 Å². The van der Waals surface area contributed by atoms with E-state index in [0.717, 1.165) is 12.8 Å². The lowest BCUT2D eigenvalue weighted by Crippen LogP contribution is -2.36. The van der Waals surface area contributed by atoms with Gasteiger partial charge in [-0.1, -0.05) is 42.5 Å². The Hall–Kier alpha value is -3.52. The molecule has 8 heteroatoms. The number of para-hydroxylation sites is 1. The predicted octanol–water partition coefficient (Wildman–Crippen LogP) is 3.20. The number of nitro benzene ring substituents is 1. The Morgan fingerprint density at radius 3 is 2.50 bits per heavy atom. The molecule has 154 valence electrons. The highest BCUT2D eigenvalue weighted by molar-refractivity contribution is 6.46. The molecule has 2 aliphatic rings. The summed E-state index contributed by atoms with van der Waals surface area (Å²) in [6, 6.07) is 13.2. The average Bonchev–Trinajstić information content (AvgIpc) is 3.36. The number of Topliss-reactive ketones (excluding diaryl/α,β-unsaturated/α-hetero) is 1. The molecular weight excluding hydrogens is 388 g/mol.